The van der Waals surface area contributed by atoms with Gasteiger partial charge < -0.3 is 10.0 Å². The first-order chi connectivity index (χ1) is 12.6. The largest absolute Gasteiger partial charge is 0.388 e. The molecule has 26 heavy (non-hydrogen) atoms. The Morgan fingerprint density at radius 1 is 1.12 bits per heavy atom. The van der Waals surface area contributed by atoms with Crippen LogP contribution in [0.4, 0.5) is 5.69 Å². The van der Waals surface area contributed by atoms with Gasteiger partial charge in [0, 0.05) is 25.2 Å². The Morgan fingerprint density at radius 2 is 1.77 bits per heavy atom. The minimum absolute atomic E-state index is 0.212. The van der Waals surface area contributed by atoms with E-state index >= 15 is 0 Å². The second-order valence-electron chi connectivity index (χ2n) is 6.02. The Hall–Kier alpha value is -2.66. The molecule has 5 heteroatoms. The maximum atomic E-state index is 11.8. The molecule has 2 aromatic rings. The number of anilines is 1. The van der Waals surface area contributed by atoms with Crippen LogP contribution in [0.15, 0.2) is 59.7 Å². The first kappa shape index (κ1) is 19.7. The summed E-state index contributed by atoms with van der Waals surface area (Å²) < 4.78 is 0. The molecular formula is C21H27N3O2. The van der Waals surface area contributed by atoms with Gasteiger partial charge in [-0.2, -0.15) is 5.10 Å². The van der Waals surface area contributed by atoms with E-state index in [0.717, 1.165) is 24.2 Å². The van der Waals surface area contributed by atoms with Gasteiger partial charge in [0.25, 0.3) is 0 Å². The average Bonchev–Trinajstić information content (AvgIpc) is 2.69. The van der Waals surface area contributed by atoms with E-state index in [1.54, 1.807) is 6.21 Å². The third-order valence-corrected chi connectivity index (χ3v) is 4.25. The van der Waals surface area contributed by atoms with Crippen molar-refractivity contribution in [2.75, 3.05) is 18.0 Å². The van der Waals surface area contributed by atoms with Gasteiger partial charge in [0.2, 0.25) is 5.91 Å². The van der Waals surface area contributed by atoms with Crippen molar-refractivity contribution in [1.82, 2.24) is 5.43 Å². The van der Waals surface area contributed by atoms with E-state index < -0.39 is 6.10 Å². The molecule has 0 fully saturated rings. The maximum absolute atomic E-state index is 11.8. The van der Waals surface area contributed by atoms with Crippen LogP contribution in [0.25, 0.3) is 0 Å². The number of aliphatic hydroxyl groups is 1. The number of hydrogen-bond acceptors (Lipinski definition) is 4. The molecule has 2 N–H and O–H groups in total. The van der Waals surface area contributed by atoms with Gasteiger partial charge in [-0.15, -0.1) is 0 Å². The Kier molecular flexibility index (Phi) is 7.83. The van der Waals surface area contributed by atoms with Crippen molar-refractivity contribution in [1.29, 1.82) is 0 Å². The van der Waals surface area contributed by atoms with Crippen molar-refractivity contribution in [3.63, 3.8) is 0 Å². The molecular weight excluding hydrogens is 326 g/mol. The predicted octanol–water partition coefficient (Wildman–Crippen LogP) is 3.50. The average molecular weight is 353 g/mol. The number of hydrogen-bond donors (Lipinski definition) is 2. The van der Waals surface area contributed by atoms with Crippen LogP contribution < -0.4 is 10.3 Å². The number of nitrogens with one attached hydrogen (secondary N) is 1. The molecule has 0 saturated heterocycles. The molecule has 5 nitrogen and oxygen atoms in total. The summed E-state index contributed by atoms with van der Waals surface area (Å²) in [6.45, 7) is 6.19. The topological polar surface area (TPSA) is 64.9 Å². The lowest BCUT2D eigenvalue weighted by molar-refractivity contribution is -0.121. The first-order valence-corrected chi connectivity index (χ1v) is 9.04. The second-order valence-corrected chi connectivity index (χ2v) is 6.02. The molecule has 1 amide bonds. The van der Waals surface area contributed by atoms with Crippen molar-refractivity contribution in [2.24, 2.45) is 5.10 Å². The summed E-state index contributed by atoms with van der Waals surface area (Å²) in [7, 11) is 0. The summed E-state index contributed by atoms with van der Waals surface area (Å²) in [5.41, 5.74) is 5.42. The highest BCUT2D eigenvalue weighted by atomic mass is 16.3. The normalized spacial score (nSPS) is 12.1. The van der Waals surface area contributed by atoms with Crippen LogP contribution >= 0.6 is 0 Å². The van der Waals surface area contributed by atoms with Gasteiger partial charge in [0.15, 0.2) is 0 Å². The highest BCUT2D eigenvalue weighted by Crippen LogP contribution is 2.17. The fraction of sp³-hybridized carbons (Fsp3) is 0.333. The van der Waals surface area contributed by atoms with Gasteiger partial charge in [0.05, 0.1) is 12.3 Å². The van der Waals surface area contributed by atoms with Gasteiger partial charge in [-0.25, -0.2) is 5.43 Å². The Labute approximate surface area is 155 Å². The van der Waals surface area contributed by atoms with Crippen molar-refractivity contribution < 1.29 is 9.90 Å². The van der Waals surface area contributed by atoms with E-state index in [2.05, 4.69) is 29.3 Å². The molecule has 0 spiro atoms. The number of benzene rings is 2. The quantitative estimate of drug-likeness (QED) is 0.536. The molecule has 0 aliphatic rings. The Balaban J connectivity index is 1.78. The molecule has 0 aromatic heterocycles. The summed E-state index contributed by atoms with van der Waals surface area (Å²) in [5.74, 6) is -0.212. The fourth-order valence-electron chi connectivity index (χ4n) is 2.70. The smallest absolute Gasteiger partial charge is 0.240 e. The highest BCUT2D eigenvalue weighted by Gasteiger charge is 2.09. The van der Waals surface area contributed by atoms with Crippen LogP contribution in [0.1, 0.15) is 43.9 Å². The third kappa shape index (κ3) is 6.01. The van der Waals surface area contributed by atoms with Gasteiger partial charge in [-0.3, -0.25) is 4.79 Å². The molecule has 2 aromatic carbocycles. The fourth-order valence-corrected chi connectivity index (χ4v) is 2.70. The molecule has 0 heterocycles. The van der Waals surface area contributed by atoms with E-state index in [-0.39, 0.29) is 12.3 Å². The van der Waals surface area contributed by atoms with Crippen molar-refractivity contribution in [3.05, 3.63) is 65.7 Å². The standard InChI is InChI=1S/C21H27N3O2/c1-3-24(4-2)19-12-10-17(11-13-19)16-22-23-21(26)15-14-20(25)18-8-6-5-7-9-18/h5-13,16,20,25H,3-4,14-15H2,1-2H3,(H,23,26)/b22-16-/t20-/m0/s1. The van der Waals surface area contributed by atoms with Crippen molar-refractivity contribution in [3.8, 4) is 0 Å². The van der Waals surface area contributed by atoms with Crippen LogP contribution in [0, 0.1) is 0 Å². The van der Waals surface area contributed by atoms with Gasteiger partial charge in [-0.05, 0) is 43.5 Å². The summed E-state index contributed by atoms with van der Waals surface area (Å²) >= 11 is 0. The third-order valence-electron chi connectivity index (χ3n) is 4.25. The predicted molar refractivity (Wildman–Crippen MR) is 106 cm³/mol. The Morgan fingerprint density at radius 3 is 2.38 bits per heavy atom. The van der Waals surface area contributed by atoms with E-state index in [0.29, 0.717) is 6.42 Å². The van der Waals surface area contributed by atoms with E-state index in [4.69, 9.17) is 0 Å². The van der Waals surface area contributed by atoms with E-state index in [1.165, 1.54) is 5.69 Å². The SMILES string of the molecule is CCN(CC)c1ccc(/C=N\NC(=O)CC[C@H](O)c2ccccc2)cc1. The Bertz CT molecular complexity index is 695. The molecule has 0 radical (unpaired) electrons. The second kappa shape index (κ2) is 10.4. The van der Waals surface area contributed by atoms with Gasteiger partial charge in [-0.1, -0.05) is 42.5 Å². The summed E-state index contributed by atoms with van der Waals surface area (Å²) in [4.78, 5) is 14.1. The number of aliphatic hydroxyl groups excluding tert-OH is 1. The maximum Gasteiger partial charge on any atom is 0.240 e. The molecule has 0 bridgehead atoms. The zero-order valence-corrected chi connectivity index (χ0v) is 15.4. The highest BCUT2D eigenvalue weighted by molar-refractivity contribution is 5.82. The van der Waals surface area contributed by atoms with Gasteiger partial charge >= 0.3 is 0 Å². The van der Waals surface area contributed by atoms with Crippen LogP contribution in [0.2, 0.25) is 0 Å². The van der Waals surface area contributed by atoms with Crippen LogP contribution in [-0.4, -0.2) is 30.3 Å². The molecule has 2 rings (SSSR count). The minimum atomic E-state index is -0.640. The lowest BCUT2D eigenvalue weighted by Gasteiger charge is -2.20. The van der Waals surface area contributed by atoms with Crippen molar-refractivity contribution in [2.45, 2.75) is 32.8 Å². The van der Waals surface area contributed by atoms with Crippen molar-refractivity contribution >= 4 is 17.8 Å². The monoisotopic (exact) mass is 353 g/mol. The number of carbonyl (C=O) groups excluding carboxylic acids is 1. The first-order valence-electron chi connectivity index (χ1n) is 9.04. The lowest BCUT2D eigenvalue weighted by atomic mass is 10.1. The molecule has 138 valence electrons. The minimum Gasteiger partial charge on any atom is -0.388 e. The van der Waals surface area contributed by atoms with Gasteiger partial charge in [0.1, 0.15) is 0 Å². The number of hydrazone groups is 1. The molecule has 0 saturated carbocycles. The zero-order valence-electron chi connectivity index (χ0n) is 15.4. The summed E-state index contributed by atoms with van der Waals surface area (Å²) in [6.07, 6.45) is 1.56. The van der Waals surface area contributed by atoms with E-state index in [1.807, 2.05) is 54.6 Å². The van der Waals surface area contributed by atoms with Crippen LogP contribution in [0.3, 0.4) is 0 Å². The number of nitrogens with zero attached hydrogens (tertiary/aromatic N) is 2. The molecule has 0 aliphatic carbocycles. The molecule has 0 aliphatic heterocycles. The van der Waals surface area contributed by atoms with Crippen LogP contribution in [-0.2, 0) is 4.79 Å². The number of rotatable bonds is 9. The number of carbonyl (C=O) groups is 1. The molecule has 0 unspecified atom stereocenters. The molecule has 1 atom stereocenters. The van der Waals surface area contributed by atoms with E-state index in [9.17, 15) is 9.90 Å². The lowest BCUT2D eigenvalue weighted by Crippen LogP contribution is -2.21. The zero-order chi connectivity index (χ0) is 18.8. The number of amides is 1. The van der Waals surface area contributed by atoms with Crippen LogP contribution in [0.5, 0.6) is 0 Å². The summed E-state index contributed by atoms with van der Waals surface area (Å²) in [6, 6.07) is 17.4. The summed E-state index contributed by atoms with van der Waals surface area (Å²) in [5, 5.41) is 14.0.